The second-order valence-electron chi connectivity index (χ2n) is 5.38. The van der Waals surface area contributed by atoms with Crippen molar-refractivity contribution in [2.45, 2.75) is 37.6 Å². The zero-order valence-electron chi connectivity index (χ0n) is 11.0. The van der Waals surface area contributed by atoms with Crippen LogP contribution >= 0.6 is 11.3 Å². The van der Waals surface area contributed by atoms with Crippen LogP contribution in [0.3, 0.4) is 0 Å². The summed E-state index contributed by atoms with van der Waals surface area (Å²) >= 11 is 1.79. The first-order valence-electron chi connectivity index (χ1n) is 6.62. The maximum Gasteiger partial charge on any atom is 0.0327 e. The summed E-state index contributed by atoms with van der Waals surface area (Å²) in [7, 11) is 4.46. The molecule has 2 nitrogen and oxygen atoms in total. The van der Waals surface area contributed by atoms with Crippen LogP contribution in [-0.4, -0.2) is 37.6 Å². The molecule has 1 aromatic heterocycles. The Hall–Kier alpha value is -0.380. The maximum absolute atomic E-state index is 3.65. The third-order valence-electron chi connectivity index (χ3n) is 4.11. The molecule has 2 rings (SSSR count). The number of nitrogens with one attached hydrogen (secondary N) is 1. The van der Waals surface area contributed by atoms with E-state index < -0.39 is 0 Å². The second kappa shape index (κ2) is 5.98. The highest BCUT2D eigenvalue weighted by Gasteiger charge is 2.35. The third kappa shape index (κ3) is 3.30. The molecule has 0 aromatic carbocycles. The van der Waals surface area contributed by atoms with Gasteiger partial charge in [0.2, 0.25) is 0 Å². The molecule has 0 amide bonds. The van der Waals surface area contributed by atoms with E-state index in [1.165, 1.54) is 31.2 Å². The van der Waals surface area contributed by atoms with Crippen molar-refractivity contribution in [3.05, 3.63) is 22.4 Å². The fourth-order valence-corrected chi connectivity index (χ4v) is 3.51. The topological polar surface area (TPSA) is 15.3 Å². The highest BCUT2D eigenvalue weighted by molar-refractivity contribution is 7.07. The first-order chi connectivity index (χ1) is 8.23. The van der Waals surface area contributed by atoms with Gasteiger partial charge >= 0.3 is 0 Å². The number of thiophene rings is 1. The molecule has 17 heavy (non-hydrogen) atoms. The van der Waals surface area contributed by atoms with Gasteiger partial charge in [0, 0.05) is 12.1 Å². The highest BCUT2D eigenvalue weighted by atomic mass is 32.1. The minimum Gasteiger partial charge on any atom is -0.315 e. The molecule has 1 aliphatic carbocycles. The first-order valence-corrected chi connectivity index (χ1v) is 7.56. The number of nitrogens with zero attached hydrogens (tertiary/aromatic N) is 1. The quantitative estimate of drug-likeness (QED) is 0.783. The zero-order chi connectivity index (χ0) is 12.1. The molecule has 0 radical (unpaired) electrons. The molecule has 0 atom stereocenters. The SMILES string of the molecule is CN(C)C1(CNCCc2ccsc2)CCCC1. The Morgan fingerprint density at radius 1 is 1.35 bits per heavy atom. The second-order valence-corrected chi connectivity index (χ2v) is 6.16. The molecule has 1 N–H and O–H groups in total. The molecule has 0 aliphatic heterocycles. The summed E-state index contributed by atoms with van der Waals surface area (Å²) in [5, 5.41) is 8.06. The summed E-state index contributed by atoms with van der Waals surface area (Å²) in [6.07, 6.45) is 6.65. The molecular weight excluding hydrogens is 228 g/mol. The molecule has 1 aliphatic rings. The Bertz CT molecular complexity index is 313. The van der Waals surface area contributed by atoms with Crippen LogP contribution in [0.4, 0.5) is 0 Å². The highest BCUT2D eigenvalue weighted by Crippen LogP contribution is 2.32. The number of hydrogen-bond acceptors (Lipinski definition) is 3. The van der Waals surface area contributed by atoms with Crippen LogP contribution < -0.4 is 5.32 Å². The van der Waals surface area contributed by atoms with E-state index in [2.05, 4.69) is 41.1 Å². The van der Waals surface area contributed by atoms with Crippen LogP contribution in [0.5, 0.6) is 0 Å². The first kappa shape index (κ1) is 13.1. The fourth-order valence-electron chi connectivity index (χ4n) is 2.80. The molecule has 0 unspecified atom stereocenters. The van der Waals surface area contributed by atoms with E-state index >= 15 is 0 Å². The van der Waals surface area contributed by atoms with Crippen molar-refractivity contribution in [1.82, 2.24) is 10.2 Å². The lowest BCUT2D eigenvalue weighted by atomic mass is 9.96. The number of hydrogen-bond donors (Lipinski definition) is 1. The largest absolute Gasteiger partial charge is 0.315 e. The molecular formula is C14H24N2S. The third-order valence-corrected chi connectivity index (χ3v) is 4.84. The Labute approximate surface area is 109 Å². The molecule has 1 heterocycles. The van der Waals surface area contributed by atoms with Crippen molar-refractivity contribution in [1.29, 1.82) is 0 Å². The van der Waals surface area contributed by atoms with Gasteiger partial charge in [-0.3, -0.25) is 0 Å². The normalized spacial score (nSPS) is 19.0. The molecule has 0 saturated heterocycles. The van der Waals surface area contributed by atoms with Crippen molar-refractivity contribution in [2.75, 3.05) is 27.2 Å². The Morgan fingerprint density at radius 3 is 2.71 bits per heavy atom. The Balaban J connectivity index is 1.73. The molecule has 0 spiro atoms. The number of likely N-dealkylation sites (N-methyl/N-ethyl adjacent to an activating group) is 1. The van der Waals surface area contributed by atoms with Gasteiger partial charge in [-0.2, -0.15) is 11.3 Å². The average Bonchev–Trinajstić information content (AvgIpc) is 2.96. The summed E-state index contributed by atoms with van der Waals surface area (Å²) in [5.74, 6) is 0. The number of rotatable bonds is 6. The van der Waals surface area contributed by atoms with Crippen molar-refractivity contribution < 1.29 is 0 Å². The van der Waals surface area contributed by atoms with E-state index in [4.69, 9.17) is 0 Å². The van der Waals surface area contributed by atoms with E-state index in [9.17, 15) is 0 Å². The summed E-state index contributed by atoms with van der Waals surface area (Å²) < 4.78 is 0. The van der Waals surface area contributed by atoms with E-state index in [-0.39, 0.29) is 0 Å². The van der Waals surface area contributed by atoms with Gasteiger partial charge in [0.15, 0.2) is 0 Å². The fraction of sp³-hybridized carbons (Fsp3) is 0.714. The van der Waals surface area contributed by atoms with Gasteiger partial charge in [-0.15, -0.1) is 0 Å². The Kier molecular flexibility index (Phi) is 4.60. The lowest BCUT2D eigenvalue weighted by Crippen LogP contribution is -2.49. The van der Waals surface area contributed by atoms with Crippen LogP contribution in [0.15, 0.2) is 16.8 Å². The van der Waals surface area contributed by atoms with Crippen LogP contribution in [0.2, 0.25) is 0 Å². The van der Waals surface area contributed by atoms with Gasteiger partial charge < -0.3 is 10.2 Å². The van der Waals surface area contributed by atoms with Gasteiger partial charge in [-0.25, -0.2) is 0 Å². The Morgan fingerprint density at radius 2 is 2.12 bits per heavy atom. The predicted molar refractivity (Wildman–Crippen MR) is 75.8 cm³/mol. The van der Waals surface area contributed by atoms with Crippen LogP contribution in [-0.2, 0) is 6.42 Å². The molecule has 0 bridgehead atoms. The van der Waals surface area contributed by atoms with E-state index in [1.807, 2.05) is 0 Å². The average molecular weight is 252 g/mol. The molecule has 1 saturated carbocycles. The molecule has 1 aromatic rings. The molecule has 96 valence electrons. The van der Waals surface area contributed by atoms with Gasteiger partial charge in [0.1, 0.15) is 0 Å². The van der Waals surface area contributed by atoms with Crippen molar-refractivity contribution in [3.63, 3.8) is 0 Å². The van der Waals surface area contributed by atoms with Crippen molar-refractivity contribution in [2.24, 2.45) is 0 Å². The monoisotopic (exact) mass is 252 g/mol. The summed E-state index contributed by atoms with van der Waals surface area (Å²) in [5.41, 5.74) is 1.89. The van der Waals surface area contributed by atoms with Crippen LogP contribution in [0.1, 0.15) is 31.2 Å². The van der Waals surface area contributed by atoms with Crippen LogP contribution in [0, 0.1) is 0 Å². The van der Waals surface area contributed by atoms with Gasteiger partial charge in [0.05, 0.1) is 0 Å². The minimum absolute atomic E-state index is 0.425. The summed E-state index contributed by atoms with van der Waals surface area (Å²) in [4.78, 5) is 2.43. The summed E-state index contributed by atoms with van der Waals surface area (Å²) in [6, 6.07) is 2.23. The van der Waals surface area contributed by atoms with E-state index in [0.29, 0.717) is 5.54 Å². The zero-order valence-corrected chi connectivity index (χ0v) is 11.9. The van der Waals surface area contributed by atoms with Crippen molar-refractivity contribution in [3.8, 4) is 0 Å². The minimum atomic E-state index is 0.425. The lowest BCUT2D eigenvalue weighted by Gasteiger charge is -2.36. The standard InChI is InChI=1S/C14H24N2S/c1-16(2)14(7-3-4-8-14)12-15-9-5-13-6-10-17-11-13/h6,10-11,15H,3-5,7-9,12H2,1-2H3. The van der Waals surface area contributed by atoms with Gasteiger partial charge in [-0.05, 0) is 62.3 Å². The van der Waals surface area contributed by atoms with E-state index in [0.717, 1.165) is 19.5 Å². The lowest BCUT2D eigenvalue weighted by molar-refractivity contribution is 0.154. The smallest absolute Gasteiger partial charge is 0.0327 e. The summed E-state index contributed by atoms with van der Waals surface area (Å²) in [6.45, 7) is 2.25. The van der Waals surface area contributed by atoms with Crippen LogP contribution in [0.25, 0.3) is 0 Å². The maximum atomic E-state index is 3.65. The van der Waals surface area contributed by atoms with E-state index in [1.54, 1.807) is 11.3 Å². The molecule has 3 heteroatoms. The molecule has 1 fully saturated rings. The predicted octanol–water partition coefficient (Wildman–Crippen LogP) is 2.75. The van der Waals surface area contributed by atoms with Gasteiger partial charge in [-0.1, -0.05) is 12.8 Å². The van der Waals surface area contributed by atoms with Gasteiger partial charge in [0.25, 0.3) is 0 Å². The van der Waals surface area contributed by atoms with Crippen molar-refractivity contribution >= 4 is 11.3 Å².